The van der Waals surface area contributed by atoms with E-state index in [-0.39, 0.29) is 5.82 Å². The highest BCUT2D eigenvalue weighted by molar-refractivity contribution is 5.96. The standard InChI is InChI=1S/C26H23FN4O/c1-26(17-28-14-15-31(26)19-12-10-18(16-32)11-13-19)25-21-7-3-2-6-20(21)24(29-30-25)22-8-4-5-9-23(22)27/h2-13,16,28H,14-15,17H2,1H3. The third-order valence-corrected chi connectivity index (χ3v) is 6.24. The molecule has 1 atom stereocenters. The topological polar surface area (TPSA) is 58.1 Å². The maximum absolute atomic E-state index is 14.6. The summed E-state index contributed by atoms with van der Waals surface area (Å²) in [7, 11) is 0. The number of rotatable bonds is 4. The second-order valence-electron chi connectivity index (χ2n) is 8.23. The summed E-state index contributed by atoms with van der Waals surface area (Å²) in [5.74, 6) is -0.317. The Labute approximate surface area is 185 Å². The summed E-state index contributed by atoms with van der Waals surface area (Å²) in [6, 6.07) is 22.2. The highest BCUT2D eigenvalue weighted by Crippen LogP contribution is 2.38. The largest absolute Gasteiger partial charge is 0.358 e. The molecule has 4 aromatic rings. The summed E-state index contributed by atoms with van der Waals surface area (Å²) in [5.41, 5.74) is 2.99. The second-order valence-corrected chi connectivity index (χ2v) is 8.23. The monoisotopic (exact) mass is 426 g/mol. The van der Waals surface area contributed by atoms with Gasteiger partial charge in [-0.3, -0.25) is 4.79 Å². The van der Waals surface area contributed by atoms with E-state index in [4.69, 9.17) is 0 Å². The van der Waals surface area contributed by atoms with E-state index in [1.54, 1.807) is 18.2 Å². The Hall–Kier alpha value is -3.64. The Morgan fingerprint density at radius 2 is 1.69 bits per heavy atom. The quantitative estimate of drug-likeness (QED) is 0.485. The minimum Gasteiger partial charge on any atom is -0.358 e. The van der Waals surface area contributed by atoms with Gasteiger partial charge < -0.3 is 10.2 Å². The van der Waals surface area contributed by atoms with Crippen molar-refractivity contribution in [3.8, 4) is 11.3 Å². The highest BCUT2D eigenvalue weighted by Gasteiger charge is 2.39. The molecule has 0 radical (unpaired) electrons. The van der Waals surface area contributed by atoms with E-state index in [0.717, 1.165) is 41.5 Å². The maximum atomic E-state index is 14.6. The zero-order valence-electron chi connectivity index (χ0n) is 17.8. The van der Waals surface area contributed by atoms with Crippen LogP contribution in [0.3, 0.4) is 0 Å². The van der Waals surface area contributed by atoms with Gasteiger partial charge in [-0.05, 0) is 43.3 Å². The SMILES string of the molecule is CC1(c2nnc(-c3ccccc3F)c3ccccc23)CNCCN1c1ccc(C=O)cc1. The summed E-state index contributed by atoms with van der Waals surface area (Å²) in [4.78, 5) is 13.4. The van der Waals surface area contributed by atoms with Crippen molar-refractivity contribution in [2.45, 2.75) is 12.5 Å². The van der Waals surface area contributed by atoms with Crippen molar-refractivity contribution in [2.75, 3.05) is 24.5 Å². The predicted octanol–water partition coefficient (Wildman–Crippen LogP) is 4.57. The van der Waals surface area contributed by atoms with Crippen LogP contribution in [-0.2, 0) is 5.54 Å². The molecule has 0 spiro atoms. The lowest BCUT2D eigenvalue weighted by atomic mass is 9.88. The smallest absolute Gasteiger partial charge is 0.150 e. The molecule has 32 heavy (non-hydrogen) atoms. The van der Waals surface area contributed by atoms with Crippen LogP contribution in [0.2, 0.25) is 0 Å². The summed E-state index contributed by atoms with van der Waals surface area (Å²) >= 11 is 0. The third kappa shape index (κ3) is 3.33. The number of nitrogens with one attached hydrogen (secondary N) is 1. The van der Waals surface area contributed by atoms with Gasteiger partial charge in [-0.25, -0.2) is 4.39 Å². The molecule has 2 heterocycles. The predicted molar refractivity (Wildman–Crippen MR) is 124 cm³/mol. The molecular formula is C26H23FN4O. The van der Waals surface area contributed by atoms with Crippen molar-refractivity contribution in [2.24, 2.45) is 0 Å². The van der Waals surface area contributed by atoms with Gasteiger partial charge in [-0.1, -0.05) is 36.4 Å². The first-order chi connectivity index (χ1) is 15.6. The molecule has 0 saturated carbocycles. The molecule has 0 aliphatic carbocycles. The van der Waals surface area contributed by atoms with Crippen LogP contribution in [0.15, 0.2) is 72.8 Å². The van der Waals surface area contributed by atoms with Crippen molar-refractivity contribution in [1.29, 1.82) is 0 Å². The van der Waals surface area contributed by atoms with Crippen molar-refractivity contribution < 1.29 is 9.18 Å². The van der Waals surface area contributed by atoms with Crippen LogP contribution in [-0.4, -0.2) is 36.1 Å². The fraction of sp³-hybridized carbons (Fsp3) is 0.192. The van der Waals surface area contributed by atoms with E-state index in [9.17, 15) is 9.18 Å². The van der Waals surface area contributed by atoms with Gasteiger partial charge in [0.1, 0.15) is 17.8 Å². The fourth-order valence-electron chi connectivity index (χ4n) is 4.58. The normalized spacial score (nSPS) is 18.6. The van der Waals surface area contributed by atoms with Gasteiger partial charge in [0.15, 0.2) is 0 Å². The van der Waals surface area contributed by atoms with E-state index in [1.807, 2.05) is 48.5 Å². The van der Waals surface area contributed by atoms with Gasteiger partial charge in [-0.2, -0.15) is 5.10 Å². The molecule has 1 N–H and O–H groups in total. The molecule has 0 amide bonds. The molecule has 1 aromatic heterocycles. The van der Waals surface area contributed by atoms with E-state index in [1.165, 1.54) is 6.07 Å². The minimum absolute atomic E-state index is 0.317. The number of piperazine rings is 1. The molecule has 1 aliphatic rings. The van der Waals surface area contributed by atoms with Crippen LogP contribution in [0, 0.1) is 5.82 Å². The zero-order valence-corrected chi connectivity index (χ0v) is 17.8. The first kappa shape index (κ1) is 20.3. The number of nitrogens with zero attached hydrogens (tertiary/aromatic N) is 3. The van der Waals surface area contributed by atoms with Crippen LogP contribution in [0.1, 0.15) is 23.0 Å². The second kappa shape index (κ2) is 8.13. The van der Waals surface area contributed by atoms with Crippen LogP contribution < -0.4 is 10.2 Å². The van der Waals surface area contributed by atoms with E-state index < -0.39 is 5.54 Å². The molecule has 1 saturated heterocycles. The van der Waals surface area contributed by atoms with Gasteiger partial charge in [0.2, 0.25) is 0 Å². The van der Waals surface area contributed by atoms with Crippen LogP contribution >= 0.6 is 0 Å². The summed E-state index contributed by atoms with van der Waals surface area (Å²) in [6.07, 6.45) is 0.848. The number of aromatic nitrogens is 2. The van der Waals surface area contributed by atoms with Gasteiger partial charge in [0.05, 0.1) is 11.2 Å². The van der Waals surface area contributed by atoms with Gasteiger partial charge >= 0.3 is 0 Å². The number of fused-ring (bicyclic) bond motifs is 1. The van der Waals surface area contributed by atoms with Gasteiger partial charge in [-0.15, -0.1) is 5.10 Å². The number of carbonyl (C=O) groups excluding carboxylic acids is 1. The van der Waals surface area contributed by atoms with Crippen molar-refractivity contribution in [1.82, 2.24) is 15.5 Å². The van der Waals surface area contributed by atoms with Crippen molar-refractivity contribution in [3.63, 3.8) is 0 Å². The number of carbonyl (C=O) groups is 1. The lowest BCUT2D eigenvalue weighted by Gasteiger charge is -2.46. The van der Waals surface area contributed by atoms with E-state index >= 15 is 0 Å². The van der Waals surface area contributed by atoms with Crippen LogP contribution in [0.5, 0.6) is 0 Å². The molecule has 1 fully saturated rings. The number of benzene rings is 3. The molecule has 0 bridgehead atoms. The highest BCUT2D eigenvalue weighted by atomic mass is 19.1. The Balaban J connectivity index is 1.68. The minimum atomic E-state index is -0.485. The Morgan fingerprint density at radius 3 is 2.44 bits per heavy atom. The Kier molecular flexibility index (Phi) is 5.15. The molecule has 5 nitrogen and oxygen atoms in total. The lowest BCUT2D eigenvalue weighted by molar-refractivity contribution is 0.112. The Morgan fingerprint density at radius 1 is 0.969 bits per heavy atom. The molecular weight excluding hydrogens is 403 g/mol. The van der Waals surface area contributed by atoms with Crippen LogP contribution in [0.25, 0.3) is 22.0 Å². The fourth-order valence-corrected chi connectivity index (χ4v) is 4.58. The number of anilines is 1. The molecule has 1 aliphatic heterocycles. The Bertz CT molecular complexity index is 1290. The molecule has 6 heteroatoms. The van der Waals surface area contributed by atoms with Crippen LogP contribution in [0.4, 0.5) is 10.1 Å². The number of aldehydes is 1. The number of hydrogen-bond acceptors (Lipinski definition) is 5. The zero-order chi connectivity index (χ0) is 22.1. The van der Waals surface area contributed by atoms with Gasteiger partial charge in [0, 0.05) is 47.2 Å². The van der Waals surface area contributed by atoms with E-state index in [2.05, 4.69) is 27.3 Å². The summed E-state index contributed by atoms with van der Waals surface area (Å²) in [5, 5.41) is 14.5. The third-order valence-electron chi connectivity index (χ3n) is 6.24. The first-order valence-electron chi connectivity index (χ1n) is 10.7. The molecule has 5 rings (SSSR count). The van der Waals surface area contributed by atoms with Crippen molar-refractivity contribution in [3.05, 3.63) is 89.9 Å². The van der Waals surface area contributed by atoms with E-state index in [0.29, 0.717) is 23.4 Å². The molecule has 3 aromatic carbocycles. The first-order valence-corrected chi connectivity index (χ1v) is 10.7. The summed E-state index contributed by atoms with van der Waals surface area (Å²) < 4.78 is 14.6. The molecule has 160 valence electrons. The number of halogens is 1. The average molecular weight is 426 g/mol. The lowest BCUT2D eigenvalue weighted by Crippen LogP contribution is -2.58. The number of hydrogen-bond donors (Lipinski definition) is 1. The summed E-state index contributed by atoms with van der Waals surface area (Å²) in [6.45, 7) is 4.44. The van der Waals surface area contributed by atoms with Gasteiger partial charge in [0.25, 0.3) is 0 Å². The van der Waals surface area contributed by atoms with Crippen molar-refractivity contribution >= 4 is 22.7 Å². The average Bonchev–Trinajstić information content (AvgIpc) is 2.84. The molecule has 1 unspecified atom stereocenters. The maximum Gasteiger partial charge on any atom is 0.150 e.